The van der Waals surface area contributed by atoms with Crippen molar-refractivity contribution in [3.63, 3.8) is 0 Å². The first kappa shape index (κ1) is 18.6. The summed E-state index contributed by atoms with van der Waals surface area (Å²) >= 11 is 0. The number of esters is 2. The average molecular weight is 372 g/mol. The Hall–Kier alpha value is -3.22. The van der Waals surface area contributed by atoms with E-state index >= 15 is 0 Å². The fourth-order valence-electron chi connectivity index (χ4n) is 3.36. The van der Waals surface area contributed by atoms with Gasteiger partial charge >= 0.3 is 11.9 Å². The Morgan fingerprint density at radius 2 is 1.41 bits per heavy atom. The van der Waals surface area contributed by atoms with Gasteiger partial charge in [-0.2, -0.15) is 0 Å². The molecule has 142 valence electrons. The predicted octanol–water partition coefficient (Wildman–Crippen LogP) is 3.79. The van der Waals surface area contributed by atoms with E-state index in [1.165, 1.54) is 28.4 Å². The lowest BCUT2D eigenvalue weighted by molar-refractivity contribution is 0.0589. The van der Waals surface area contributed by atoms with Gasteiger partial charge in [0.05, 0.1) is 39.2 Å². The summed E-state index contributed by atoms with van der Waals surface area (Å²) in [7, 11) is 5.59. The van der Waals surface area contributed by atoms with E-state index in [0.29, 0.717) is 50.1 Å². The van der Waals surface area contributed by atoms with Gasteiger partial charge in [-0.3, -0.25) is 0 Å². The lowest BCUT2D eigenvalue weighted by atomic mass is 9.99. The van der Waals surface area contributed by atoms with Crippen LogP contribution in [-0.4, -0.2) is 40.4 Å². The number of carbonyl (C=O) groups is 2. The number of furan rings is 1. The smallest absolute Gasteiger partial charge is 0.341 e. The topological polar surface area (TPSA) is 84.2 Å². The van der Waals surface area contributed by atoms with Crippen LogP contribution in [0.3, 0.4) is 0 Å². The first-order valence-corrected chi connectivity index (χ1v) is 8.17. The van der Waals surface area contributed by atoms with Crippen molar-refractivity contribution in [2.24, 2.45) is 0 Å². The SMILES string of the molecule is COC(=O)c1c(C)cc2oc3c(C(=O)OC)c(C)cc(OC)c3c2c1OC. The standard InChI is InChI=1S/C20H20O7/c1-9-7-11(23-3)15-16-12(27-18(15)14(9)20(22)26-6)8-10(2)13(17(16)24-4)19(21)25-5/h7-8H,1-6H3. The molecule has 2 aromatic carbocycles. The predicted molar refractivity (Wildman–Crippen MR) is 99.0 cm³/mol. The molecule has 7 heteroatoms. The molecule has 0 aliphatic heterocycles. The van der Waals surface area contributed by atoms with Gasteiger partial charge in [0.25, 0.3) is 0 Å². The number of methoxy groups -OCH3 is 4. The molecule has 3 rings (SSSR count). The summed E-state index contributed by atoms with van der Waals surface area (Å²) < 4.78 is 26.9. The van der Waals surface area contributed by atoms with Crippen LogP contribution in [0, 0.1) is 13.8 Å². The van der Waals surface area contributed by atoms with Crippen LogP contribution in [0.2, 0.25) is 0 Å². The maximum absolute atomic E-state index is 12.3. The highest BCUT2D eigenvalue weighted by molar-refractivity contribution is 6.19. The molecule has 1 aromatic heterocycles. The Labute approximate surface area is 155 Å². The zero-order valence-corrected chi connectivity index (χ0v) is 16.0. The highest BCUT2D eigenvalue weighted by Gasteiger charge is 2.28. The Kier molecular flexibility index (Phi) is 4.70. The summed E-state index contributed by atoms with van der Waals surface area (Å²) in [4.78, 5) is 24.6. The van der Waals surface area contributed by atoms with Crippen LogP contribution in [-0.2, 0) is 9.47 Å². The van der Waals surface area contributed by atoms with Crippen molar-refractivity contribution in [3.05, 3.63) is 34.4 Å². The summed E-state index contributed by atoms with van der Waals surface area (Å²) in [5.41, 5.74) is 2.63. The third-order valence-electron chi connectivity index (χ3n) is 4.55. The molecule has 0 aliphatic carbocycles. The van der Waals surface area contributed by atoms with E-state index in [1.54, 1.807) is 26.0 Å². The minimum Gasteiger partial charge on any atom is -0.496 e. The maximum atomic E-state index is 12.3. The Morgan fingerprint density at radius 1 is 0.815 bits per heavy atom. The van der Waals surface area contributed by atoms with Crippen molar-refractivity contribution in [3.8, 4) is 11.5 Å². The molecular formula is C20H20O7. The van der Waals surface area contributed by atoms with Crippen LogP contribution in [0.25, 0.3) is 21.9 Å². The Bertz CT molecular complexity index is 1080. The minimum absolute atomic E-state index is 0.289. The summed E-state index contributed by atoms with van der Waals surface area (Å²) in [6.45, 7) is 3.52. The van der Waals surface area contributed by atoms with E-state index in [4.69, 9.17) is 23.4 Å². The van der Waals surface area contributed by atoms with Crippen LogP contribution in [0.4, 0.5) is 0 Å². The molecule has 3 aromatic rings. The van der Waals surface area contributed by atoms with E-state index in [9.17, 15) is 9.59 Å². The zero-order chi connectivity index (χ0) is 19.9. The van der Waals surface area contributed by atoms with Crippen molar-refractivity contribution in [2.75, 3.05) is 28.4 Å². The monoisotopic (exact) mass is 372 g/mol. The molecule has 0 unspecified atom stereocenters. The van der Waals surface area contributed by atoms with Gasteiger partial charge in [0.1, 0.15) is 28.2 Å². The first-order valence-electron chi connectivity index (χ1n) is 8.17. The van der Waals surface area contributed by atoms with Crippen LogP contribution < -0.4 is 9.47 Å². The highest BCUT2D eigenvalue weighted by Crippen LogP contribution is 2.45. The number of rotatable bonds is 4. The van der Waals surface area contributed by atoms with Gasteiger partial charge in [-0.1, -0.05) is 0 Å². The number of fused-ring (bicyclic) bond motifs is 3. The molecule has 0 saturated heterocycles. The fourth-order valence-corrected chi connectivity index (χ4v) is 3.36. The minimum atomic E-state index is -0.528. The van der Waals surface area contributed by atoms with Crippen molar-refractivity contribution in [1.82, 2.24) is 0 Å². The summed E-state index contributed by atoms with van der Waals surface area (Å²) in [5.74, 6) is -0.261. The lowest BCUT2D eigenvalue weighted by Crippen LogP contribution is -2.07. The number of ether oxygens (including phenoxy) is 4. The number of aryl methyl sites for hydroxylation is 2. The quantitative estimate of drug-likeness (QED) is 0.644. The van der Waals surface area contributed by atoms with Crippen LogP contribution in [0.5, 0.6) is 11.5 Å². The van der Waals surface area contributed by atoms with Gasteiger partial charge in [0.2, 0.25) is 0 Å². The molecule has 0 spiro atoms. The van der Waals surface area contributed by atoms with Crippen molar-refractivity contribution in [2.45, 2.75) is 13.8 Å². The summed E-state index contributed by atoms with van der Waals surface area (Å²) in [6.07, 6.45) is 0. The third kappa shape index (κ3) is 2.66. The van der Waals surface area contributed by atoms with Gasteiger partial charge in [-0.15, -0.1) is 0 Å². The Balaban J connectivity index is 2.60. The lowest BCUT2D eigenvalue weighted by Gasteiger charge is -2.12. The van der Waals surface area contributed by atoms with Crippen molar-refractivity contribution in [1.29, 1.82) is 0 Å². The summed E-state index contributed by atoms with van der Waals surface area (Å²) in [5, 5.41) is 1.06. The van der Waals surface area contributed by atoms with Crippen LogP contribution >= 0.6 is 0 Å². The normalized spacial score (nSPS) is 10.9. The molecule has 0 amide bonds. The van der Waals surface area contributed by atoms with Crippen LogP contribution in [0.15, 0.2) is 16.5 Å². The van der Waals surface area contributed by atoms with Crippen molar-refractivity contribution >= 4 is 33.9 Å². The summed E-state index contributed by atoms with van der Waals surface area (Å²) in [6, 6.07) is 3.43. The molecule has 0 N–H and O–H groups in total. The molecule has 27 heavy (non-hydrogen) atoms. The van der Waals surface area contributed by atoms with E-state index in [1.807, 2.05) is 0 Å². The molecule has 0 aliphatic rings. The second kappa shape index (κ2) is 6.83. The largest absolute Gasteiger partial charge is 0.496 e. The van der Waals surface area contributed by atoms with Gasteiger partial charge < -0.3 is 23.4 Å². The molecule has 0 radical (unpaired) electrons. The van der Waals surface area contributed by atoms with Gasteiger partial charge in [0.15, 0.2) is 5.58 Å². The number of carbonyl (C=O) groups excluding carboxylic acids is 2. The molecule has 0 atom stereocenters. The molecule has 0 bridgehead atoms. The number of hydrogen-bond acceptors (Lipinski definition) is 7. The average Bonchev–Trinajstić information content (AvgIpc) is 3.03. The fraction of sp³-hybridized carbons (Fsp3) is 0.300. The van der Waals surface area contributed by atoms with Gasteiger partial charge in [-0.25, -0.2) is 9.59 Å². The second-order valence-electron chi connectivity index (χ2n) is 6.03. The first-order chi connectivity index (χ1) is 12.9. The Morgan fingerprint density at radius 3 is 1.96 bits per heavy atom. The van der Waals surface area contributed by atoms with E-state index in [0.717, 1.165) is 0 Å². The van der Waals surface area contributed by atoms with Crippen LogP contribution in [0.1, 0.15) is 31.8 Å². The van der Waals surface area contributed by atoms with E-state index < -0.39 is 11.9 Å². The highest BCUT2D eigenvalue weighted by atomic mass is 16.5. The van der Waals surface area contributed by atoms with Gasteiger partial charge in [0, 0.05) is 0 Å². The maximum Gasteiger partial charge on any atom is 0.341 e. The molecule has 0 fully saturated rings. The second-order valence-corrected chi connectivity index (χ2v) is 6.03. The van der Waals surface area contributed by atoms with E-state index in [-0.39, 0.29) is 5.56 Å². The number of benzene rings is 2. The molecule has 7 nitrogen and oxygen atoms in total. The molecular weight excluding hydrogens is 352 g/mol. The molecule has 0 saturated carbocycles. The zero-order valence-electron chi connectivity index (χ0n) is 16.0. The van der Waals surface area contributed by atoms with Gasteiger partial charge in [-0.05, 0) is 37.1 Å². The third-order valence-corrected chi connectivity index (χ3v) is 4.55. The number of hydrogen-bond donors (Lipinski definition) is 0. The van der Waals surface area contributed by atoms with Crippen molar-refractivity contribution < 1.29 is 33.0 Å². The molecule has 1 heterocycles. The van der Waals surface area contributed by atoms with E-state index in [2.05, 4.69) is 0 Å².